The minimum Gasteiger partial charge on any atom is -0.394 e. The zero-order chi connectivity index (χ0) is 16.4. The molecule has 0 aliphatic carbocycles. The van der Waals surface area contributed by atoms with Crippen LogP contribution in [-0.2, 0) is 30.6 Å². The lowest BCUT2D eigenvalue weighted by Crippen LogP contribution is -2.44. The molecule has 1 aromatic carbocycles. The summed E-state index contributed by atoms with van der Waals surface area (Å²) < 4.78 is 17.0. The molecule has 23 heavy (non-hydrogen) atoms. The molecule has 0 saturated carbocycles. The third kappa shape index (κ3) is 3.72. The summed E-state index contributed by atoms with van der Waals surface area (Å²) in [7, 11) is 0. The van der Waals surface area contributed by atoms with Crippen molar-refractivity contribution in [3.05, 3.63) is 35.9 Å². The molecule has 2 aliphatic heterocycles. The van der Waals surface area contributed by atoms with Gasteiger partial charge in [-0.3, -0.25) is 0 Å². The molecule has 3 rings (SSSR count). The molecule has 0 aromatic heterocycles. The van der Waals surface area contributed by atoms with Gasteiger partial charge in [-0.05, 0) is 19.4 Å². The van der Waals surface area contributed by atoms with Crippen molar-refractivity contribution in [1.29, 1.82) is 0 Å². The van der Waals surface area contributed by atoms with Gasteiger partial charge in [0.1, 0.15) is 24.9 Å². The molecule has 0 bridgehead atoms. The lowest BCUT2D eigenvalue weighted by atomic mass is 10.1. The van der Waals surface area contributed by atoms with E-state index in [1.54, 1.807) is 13.8 Å². The molecule has 0 radical (unpaired) electrons. The Morgan fingerprint density at radius 1 is 1.22 bits per heavy atom. The molecule has 0 amide bonds. The zero-order valence-corrected chi connectivity index (χ0v) is 13.1. The van der Waals surface area contributed by atoms with Crippen molar-refractivity contribution in [2.24, 2.45) is 0 Å². The smallest absolute Gasteiger partial charge is 0.190 e. The molecule has 0 spiro atoms. The number of aliphatic hydroxyl groups excluding tert-OH is 2. The van der Waals surface area contributed by atoms with E-state index in [0.29, 0.717) is 0 Å². The van der Waals surface area contributed by atoms with Crippen LogP contribution in [-0.4, -0.2) is 53.3 Å². The lowest BCUT2D eigenvalue weighted by molar-refractivity contribution is -0.359. The summed E-state index contributed by atoms with van der Waals surface area (Å²) in [4.78, 5) is 10.7. The van der Waals surface area contributed by atoms with Crippen molar-refractivity contribution in [1.82, 2.24) is 0 Å². The highest BCUT2D eigenvalue weighted by molar-refractivity contribution is 5.13. The number of hydrogen-bond acceptors (Lipinski definition) is 7. The number of benzene rings is 1. The van der Waals surface area contributed by atoms with Crippen LogP contribution in [0.2, 0.25) is 0 Å². The third-order valence-electron chi connectivity index (χ3n) is 3.84. The van der Waals surface area contributed by atoms with Gasteiger partial charge in [0.2, 0.25) is 0 Å². The van der Waals surface area contributed by atoms with Gasteiger partial charge in [-0.25, -0.2) is 9.78 Å². The monoisotopic (exact) mass is 326 g/mol. The number of ether oxygens (including phenoxy) is 3. The van der Waals surface area contributed by atoms with Crippen LogP contribution in [0.1, 0.15) is 19.4 Å². The maximum atomic E-state index is 9.91. The van der Waals surface area contributed by atoms with Gasteiger partial charge in [-0.2, -0.15) is 0 Å². The van der Waals surface area contributed by atoms with E-state index in [-0.39, 0.29) is 6.61 Å². The summed E-state index contributed by atoms with van der Waals surface area (Å²) >= 11 is 0. The van der Waals surface area contributed by atoms with Gasteiger partial charge in [0.05, 0.1) is 6.61 Å². The molecule has 2 aliphatic rings. The fourth-order valence-electron chi connectivity index (χ4n) is 2.78. The maximum absolute atomic E-state index is 9.91. The van der Waals surface area contributed by atoms with Gasteiger partial charge < -0.3 is 24.4 Å². The van der Waals surface area contributed by atoms with Crippen LogP contribution in [0.15, 0.2) is 30.3 Å². The van der Waals surface area contributed by atoms with E-state index in [1.165, 1.54) is 0 Å². The zero-order valence-electron chi connectivity index (χ0n) is 13.1. The van der Waals surface area contributed by atoms with Gasteiger partial charge in [-0.15, -0.1) is 0 Å². The van der Waals surface area contributed by atoms with Gasteiger partial charge in [-0.1, -0.05) is 30.3 Å². The Balaban J connectivity index is 1.63. The van der Waals surface area contributed by atoms with Crippen LogP contribution in [0.4, 0.5) is 0 Å². The number of rotatable bonds is 6. The Morgan fingerprint density at radius 2 is 1.96 bits per heavy atom. The first-order valence-electron chi connectivity index (χ1n) is 7.62. The minimum atomic E-state index is -1.11. The molecule has 5 atom stereocenters. The summed E-state index contributed by atoms with van der Waals surface area (Å²) in [6.45, 7) is 3.34. The molecule has 2 heterocycles. The molecule has 2 saturated heterocycles. The first-order valence-corrected chi connectivity index (χ1v) is 7.62. The first kappa shape index (κ1) is 16.8. The predicted octanol–water partition coefficient (Wildman–Crippen LogP) is 0.733. The molecule has 2 fully saturated rings. The van der Waals surface area contributed by atoms with E-state index in [2.05, 4.69) is 0 Å². The average molecular weight is 326 g/mol. The summed E-state index contributed by atoms with van der Waals surface area (Å²) in [6.07, 6.45) is -3.80. The molecule has 1 unspecified atom stereocenters. The highest BCUT2D eigenvalue weighted by Gasteiger charge is 2.57. The van der Waals surface area contributed by atoms with Gasteiger partial charge in [0.15, 0.2) is 18.2 Å². The highest BCUT2D eigenvalue weighted by Crippen LogP contribution is 2.39. The lowest BCUT2D eigenvalue weighted by Gasteiger charge is -2.27. The molecule has 1 aromatic rings. The van der Waals surface area contributed by atoms with Crippen LogP contribution in [0.3, 0.4) is 0 Å². The SMILES string of the molecule is CC1(C)OC2O[C@H]([C@H](O)CO)[C@H](OOCc3ccccc3)[C@H]2O1. The number of fused-ring (bicyclic) bond motifs is 1. The Morgan fingerprint density at radius 3 is 2.65 bits per heavy atom. The molecular weight excluding hydrogens is 304 g/mol. The Hall–Kier alpha value is -1.06. The van der Waals surface area contributed by atoms with Crippen molar-refractivity contribution in [3.8, 4) is 0 Å². The van der Waals surface area contributed by atoms with Crippen LogP contribution < -0.4 is 0 Å². The Kier molecular flexibility index (Phi) is 4.98. The number of hydrogen-bond donors (Lipinski definition) is 2. The fraction of sp³-hybridized carbons (Fsp3) is 0.625. The van der Waals surface area contributed by atoms with Crippen LogP contribution in [0.5, 0.6) is 0 Å². The third-order valence-corrected chi connectivity index (χ3v) is 3.84. The normalized spacial score (nSPS) is 33.6. The van der Waals surface area contributed by atoms with E-state index in [0.717, 1.165) is 5.56 Å². The van der Waals surface area contributed by atoms with E-state index < -0.39 is 43.1 Å². The van der Waals surface area contributed by atoms with Gasteiger partial charge >= 0.3 is 0 Å². The van der Waals surface area contributed by atoms with Gasteiger partial charge in [0, 0.05) is 0 Å². The van der Waals surface area contributed by atoms with E-state index in [4.69, 9.17) is 24.0 Å². The summed E-state index contributed by atoms with van der Waals surface area (Å²) in [6, 6.07) is 9.55. The second kappa shape index (κ2) is 6.82. The number of aliphatic hydroxyl groups is 2. The molecule has 2 N–H and O–H groups in total. The Bertz CT molecular complexity index is 506. The summed E-state index contributed by atoms with van der Waals surface area (Å²) in [5.74, 6) is -0.800. The van der Waals surface area contributed by atoms with Crippen molar-refractivity contribution < 1.29 is 34.2 Å². The van der Waals surface area contributed by atoms with E-state index in [9.17, 15) is 10.2 Å². The van der Waals surface area contributed by atoms with Crippen LogP contribution in [0.25, 0.3) is 0 Å². The standard InChI is InChI=1S/C16H22O7/c1-16(2)21-14-13(12(11(18)8-17)20-15(14)22-16)23-19-9-10-6-4-3-5-7-10/h3-7,11-15,17-18H,8-9H2,1-2H3/t11-,12-,13+,14-,15?/m1/s1. The predicted molar refractivity (Wildman–Crippen MR) is 77.9 cm³/mol. The van der Waals surface area contributed by atoms with Gasteiger partial charge in [0.25, 0.3) is 0 Å². The largest absolute Gasteiger partial charge is 0.394 e. The fourth-order valence-corrected chi connectivity index (χ4v) is 2.78. The summed E-state index contributed by atoms with van der Waals surface area (Å²) in [5.41, 5.74) is 0.950. The topological polar surface area (TPSA) is 86.6 Å². The molecule has 128 valence electrons. The van der Waals surface area contributed by atoms with E-state index in [1.807, 2.05) is 30.3 Å². The van der Waals surface area contributed by atoms with Crippen LogP contribution in [0, 0.1) is 0 Å². The highest BCUT2D eigenvalue weighted by atomic mass is 17.2. The van der Waals surface area contributed by atoms with Crippen molar-refractivity contribution in [3.63, 3.8) is 0 Å². The maximum Gasteiger partial charge on any atom is 0.190 e. The van der Waals surface area contributed by atoms with Crippen molar-refractivity contribution in [2.75, 3.05) is 6.61 Å². The quantitative estimate of drug-likeness (QED) is 0.589. The van der Waals surface area contributed by atoms with Crippen molar-refractivity contribution in [2.45, 2.75) is 56.9 Å². The first-order chi connectivity index (χ1) is 11.0. The Labute approximate surface area is 134 Å². The second-order valence-corrected chi connectivity index (χ2v) is 6.13. The second-order valence-electron chi connectivity index (χ2n) is 6.13. The average Bonchev–Trinajstić information content (AvgIpc) is 3.00. The molecule has 7 heteroatoms. The van der Waals surface area contributed by atoms with E-state index >= 15 is 0 Å². The minimum absolute atomic E-state index is 0.251. The van der Waals surface area contributed by atoms with Crippen molar-refractivity contribution >= 4 is 0 Å². The van der Waals surface area contributed by atoms with Crippen LogP contribution >= 0.6 is 0 Å². The summed E-state index contributed by atoms with van der Waals surface area (Å²) in [5, 5.41) is 19.1. The molecule has 7 nitrogen and oxygen atoms in total. The molecular formula is C16H22O7.